The maximum Gasteiger partial charge on any atom is 0.236 e. The van der Waals surface area contributed by atoms with Gasteiger partial charge in [-0.25, -0.2) is 0 Å². The maximum absolute atomic E-state index is 12.2. The van der Waals surface area contributed by atoms with E-state index in [-0.39, 0.29) is 17.9 Å². The molecule has 0 bridgehead atoms. The van der Waals surface area contributed by atoms with E-state index in [1.165, 1.54) is 0 Å². The highest BCUT2D eigenvalue weighted by Crippen LogP contribution is 2.11. The number of nitrogens with one attached hydrogen (secondary N) is 1. The molecule has 1 unspecified atom stereocenters. The molecule has 3 saturated heterocycles. The summed E-state index contributed by atoms with van der Waals surface area (Å²) in [5.41, 5.74) is 0. The fourth-order valence-corrected chi connectivity index (χ4v) is 3.67. The molecular formula is C17H30N4O3. The Kier molecular flexibility index (Phi) is 6.45. The van der Waals surface area contributed by atoms with Crippen molar-refractivity contribution in [2.24, 2.45) is 0 Å². The summed E-state index contributed by atoms with van der Waals surface area (Å²) in [6.45, 7) is 7.32. The van der Waals surface area contributed by atoms with Crippen LogP contribution in [0.2, 0.25) is 0 Å². The number of carbonyl (C=O) groups excluding carboxylic acids is 2. The molecule has 3 aliphatic heterocycles. The molecule has 0 aromatic carbocycles. The molecular weight excluding hydrogens is 308 g/mol. The van der Waals surface area contributed by atoms with Gasteiger partial charge in [0.05, 0.1) is 19.2 Å². The molecule has 0 radical (unpaired) electrons. The fourth-order valence-electron chi connectivity index (χ4n) is 3.67. The van der Waals surface area contributed by atoms with Crippen molar-refractivity contribution in [1.29, 1.82) is 0 Å². The van der Waals surface area contributed by atoms with E-state index in [4.69, 9.17) is 4.74 Å². The standard InChI is InChI=1S/C17H30N4O3/c22-16(13-18-12-15-4-3-11-24-15)21-9-7-19(8-10-21)14-17(23)20-5-1-2-6-20/h15,18H,1-14H2. The molecule has 2 amide bonds. The molecule has 0 saturated carbocycles. The third kappa shape index (κ3) is 4.91. The fraction of sp³-hybridized carbons (Fsp3) is 0.882. The average Bonchev–Trinajstić information content (AvgIpc) is 3.29. The van der Waals surface area contributed by atoms with Crippen molar-refractivity contribution in [2.75, 3.05) is 65.5 Å². The molecule has 1 atom stereocenters. The Balaban J connectivity index is 1.30. The molecule has 3 fully saturated rings. The number of amides is 2. The highest BCUT2D eigenvalue weighted by molar-refractivity contribution is 5.79. The Hall–Kier alpha value is -1.18. The first-order valence-electron chi connectivity index (χ1n) is 9.32. The minimum Gasteiger partial charge on any atom is -0.377 e. The van der Waals surface area contributed by atoms with E-state index in [2.05, 4.69) is 10.2 Å². The minimum absolute atomic E-state index is 0.151. The van der Waals surface area contributed by atoms with Crippen LogP contribution in [0, 0.1) is 0 Å². The predicted octanol–water partition coefficient (Wildman–Crippen LogP) is -0.478. The third-order valence-electron chi connectivity index (χ3n) is 5.21. The van der Waals surface area contributed by atoms with Gasteiger partial charge in [-0.05, 0) is 25.7 Å². The second kappa shape index (κ2) is 8.78. The Morgan fingerprint density at radius 1 is 0.917 bits per heavy atom. The molecule has 1 N–H and O–H groups in total. The highest BCUT2D eigenvalue weighted by Gasteiger charge is 2.25. The smallest absolute Gasteiger partial charge is 0.236 e. The Labute approximate surface area is 144 Å². The summed E-state index contributed by atoms with van der Waals surface area (Å²) in [4.78, 5) is 30.5. The molecule has 3 aliphatic rings. The lowest BCUT2D eigenvalue weighted by Crippen LogP contribution is -2.53. The first-order valence-corrected chi connectivity index (χ1v) is 9.32. The number of carbonyl (C=O) groups is 2. The molecule has 7 nitrogen and oxygen atoms in total. The van der Waals surface area contributed by atoms with Gasteiger partial charge in [0.15, 0.2) is 0 Å². The highest BCUT2D eigenvalue weighted by atomic mass is 16.5. The van der Waals surface area contributed by atoms with Crippen molar-refractivity contribution in [3.05, 3.63) is 0 Å². The normalized spacial score (nSPS) is 25.4. The molecule has 0 spiro atoms. The van der Waals surface area contributed by atoms with Crippen LogP contribution in [0.5, 0.6) is 0 Å². The van der Waals surface area contributed by atoms with Crippen LogP contribution in [0.3, 0.4) is 0 Å². The van der Waals surface area contributed by atoms with Crippen LogP contribution in [-0.2, 0) is 14.3 Å². The van der Waals surface area contributed by atoms with Gasteiger partial charge in [-0.2, -0.15) is 0 Å². The molecule has 3 heterocycles. The monoisotopic (exact) mass is 338 g/mol. The molecule has 7 heteroatoms. The zero-order valence-corrected chi connectivity index (χ0v) is 14.5. The van der Waals surface area contributed by atoms with E-state index in [0.717, 1.165) is 65.0 Å². The van der Waals surface area contributed by atoms with Crippen molar-refractivity contribution in [3.63, 3.8) is 0 Å². The summed E-state index contributed by atoms with van der Waals surface area (Å²) >= 11 is 0. The lowest BCUT2D eigenvalue weighted by molar-refractivity contribution is -0.134. The summed E-state index contributed by atoms with van der Waals surface area (Å²) in [5.74, 6) is 0.393. The molecule has 24 heavy (non-hydrogen) atoms. The summed E-state index contributed by atoms with van der Waals surface area (Å²) in [7, 11) is 0. The number of nitrogens with zero attached hydrogens (tertiary/aromatic N) is 3. The van der Waals surface area contributed by atoms with Crippen molar-refractivity contribution >= 4 is 11.8 Å². The van der Waals surface area contributed by atoms with Gasteiger partial charge in [-0.3, -0.25) is 14.5 Å². The summed E-state index contributed by atoms with van der Waals surface area (Å²) in [6.07, 6.45) is 4.75. The molecule has 0 aromatic heterocycles. The molecule has 136 valence electrons. The van der Waals surface area contributed by atoms with Crippen molar-refractivity contribution in [1.82, 2.24) is 20.0 Å². The number of rotatable bonds is 6. The largest absolute Gasteiger partial charge is 0.377 e. The first kappa shape index (κ1) is 17.6. The van der Waals surface area contributed by atoms with Gasteiger partial charge in [-0.1, -0.05) is 0 Å². The van der Waals surface area contributed by atoms with Crippen molar-refractivity contribution in [3.8, 4) is 0 Å². The van der Waals surface area contributed by atoms with Crippen LogP contribution in [0.25, 0.3) is 0 Å². The van der Waals surface area contributed by atoms with Crippen LogP contribution in [-0.4, -0.2) is 98.1 Å². The van der Waals surface area contributed by atoms with Crippen LogP contribution in [0.15, 0.2) is 0 Å². The number of ether oxygens (including phenoxy) is 1. The predicted molar refractivity (Wildman–Crippen MR) is 90.7 cm³/mol. The second-order valence-electron chi connectivity index (χ2n) is 7.01. The lowest BCUT2D eigenvalue weighted by atomic mass is 10.2. The average molecular weight is 338 g/mol. The zero-order chi connectivity index (χ0) is 16.8. The summed E-state index contributed by atoms with van der Waals surface area (Å²) < 4.78 is 5.54. The van der Waals surface area contributed by atoms with Crippen molar-refractivity contribution in [2.45, 2.75) is 31.8 Å². The van der Waals surface area contributed by atoms with Gasteiger partial charge < -0.3 is 19.9 Å². The quantitative estimate of drug-likeness (QED) is 0.709. The second-order valence-corrected chi connectivity index (χ2v) is 7.01. The van der Waals surface area contributed by atoms with Gasteiger partial charge in [-0.15, -0.1) is 0 Å². The van der Waals surface area contributed by atoms with Crippen LogP contribution in [0.4, 0.5) is 0 Å². The maximum atomic E-state index is 12.2. The van der Waals surface area contributed by atoms with Gasteiger partial charge in [0.2, 0.25) is 11.8 Å². The molecule has 0 aliphatic carbocycles. The van der Waals surface area contributed by atoms with Crippen LogP contribution < -0.4 is 5.32 Å². The van der Waals surface area contributed by atoms with Crippen LogP contribution >= 0.6 is 0 Å². The van der Waals surface area contributed by atoms with Gasteiger partial charge in [0.1, 0.15) is 0 Å². The number of likely N-dealkylation sites (tertiary alicyclic amines) is 1. The topological polar surface area (TPSA) is 65.1 Å². The van der Waals surface area contributed by atoms with E-state index in [1.807, 2.05) is 9.80 Å². The van der Waals surface area contributed by atoms with E-state index in [9.17, 15) is 9.59 Å². The summed E-state index contributed by atoms with van der Waals surface area (Å²) in [5, 5.41) is 3.21. The SMILES string of the molecule is O=C(CNCC1CCCO1)N1CCN(CC(=O)N2CCCC2)CC1. The number of piperazine rings is 1. The Morgan fingerprint density at radius 3 is 2.29 bits per heavy atom. The van der Waals surface area contributed by atoms with E-state index < -0.39 is 0 Å². The van der Waals surface area contributed by atoms with E-state index in [0.29, 0.717) is 26.2 Å². The lowest BCUT2D eigenvalue weighted by Gasteiger charge is -2.35. The zero-order valence-electron chi connectivity index (χ0n) is 14.5. The minimum atomic E-state index is 0.151. The Morgan fingerprint density at radius 2 is 1.62 bits per heavy atom. The van der Waals surface area contributed by atoms with Gasteiger partial charge in [0, 0.05) is 52.4 Å². The molecule has 0 aromatic rings. The number of hydrogen-bond acceptors (Lipinski definition) is 5. The van der Waals surface area contributed by atoms with Gasteiger partial charge >= 0.3 is 0 Å². The van der Waals surface area contributed by atoms with E-state index >= 15 is 0 Å². The number of hydrogen-bond donors (Lipinski definition) is 1. The van der Waals surface area contributed by atoms with Crippen LogP contribution in [0.1, 0.15) is 25.7 Å². The van der Waals surface area contributed by atoms with Crippen molar-refractivity contribution < 1.29 is 14.3 Å². The molecule has 3 rings (SSSR count). The van der Waals surface area contributed by atoms with E-state index in [1.54, 1.807) is 0 Å². The first-order chi connectivity index (χ1) is 11.7. The Bertz CT molecular complexity index is 426. The van der Waals surface area contributed by atoms with Gasteiger partial charge in [0.25, 0.3) is 0 Å². The third-order valence-corrected chi connectivity index (χ3v) is 5.21. The summed E-state index contributed by atoms with van der Waals surface area (Å²) in [6, 6.07) is 0.